The largest absolute Gasteiger partial charge is 0.488 e. The summed E-state index contributed by atoms with van der Waals surface area (Å²) in [7, 11) is 0. The van der Waals surface area contributed by atoms with Crippen molar-refractivity contribution in [3.8, 4) is 5.75 Å². The first-order valence-corrected chi connectivity index (χ1v) is 10.3. The highest BCUT2D eigenvalue weighted by atomic mass is 16.5. The van der Waals surface area contributed by atoms with Crippen LogP contribution < -0.4 is 15.4 Å². The summed E-state index contributed by atoms with van der Waals surface area (Å²) in [5.74, 6) is 1.55. The van der Waals surface area contributed by atoms with Crippen LogP contribution in [0.3, 0.4) is 0 Å². The third-order valence-electron chi connectivity index (χ3n) is 5.59. The minimum absolute atomic E-state index is 0.206. The zero-order chi connectivity index (χ0) is 18.5. The number of fused-ring (bicyclic) bond motifs is 1. The summed E-state index contributed by atoms with van der Waals surface area (Å²) in [4.78, 5) is 9.33. The first-order valence-electron chi connectivity index (χ1n) is 10.3. The molecule has 1 aliphatic carbocycles. The predicted molar refractivity (Wildman–Crippen MR) is 107 cm³/mol. The highest BCUT2D eigenvalue weighted by molar-refractivity contribution is 5.84. The summed E-state index contributed by atoms with van der Waals surface area (Å²) >= 11 is 0. The SMILES string of the molecule is CCNC1CCC(Nc2ncc3cccc(OC4CCOCC4)c3n2)CC1. The predicted octanol–water partition coefficient (Wildman–Crippen LogP) is 3.52. The van der Waals surface area contributed by atoms with E-state index >= 15 is 0 Å². The van der Waals surface area contributed by atoms with Crippen molar-refractivity contribution in [1.82, 2.24) is 15.3 Å². The minimum atomic E-state index is 0.206. The van der Waals surface area contributed by atoms with E-state index in [2.05, 4.69) is 22.5 Å². The Labute approximate surface area is 161 Å². The van der Waals surface area contributed by atoms with E-state index in [4.69, 9.17) is 14.5 Å². The van der Waals surface area contributed by atoms with Crippen LogP contribution in [-0.4, -0.2) is 47.9 Å². The average Bonchev–Trinajstić information content (AvgIpc) is 2.71. The van der Waals surface area contributed by atoms with Gasteiger partial charge >= 0.3 is 0 Å². The lowest BCUT2D eigenvalue weighted by Gasteiger charge is -2.29. The van der Waals surface area contributed by atoms with E-state index in [1.165, 1.54) is 12.8 Å². The quantitative estimate of drug-likeness (QED) is 0.811. The Morgan fingerprint density at radius 1 is 1.07 bits per heavy atom. The van der Waals surface area contributed by atoms with E-state index in [1.54, 1.807) is 0 Å². The van der Waals surface area contributed by atoms with E-state index < -0.39 is 0 Å². The monoisotopic (exact) mass is 370 g/mol. The second-order valence-corrected chi connectivity index (χ2v) is 7.57. The Morgan fingerprint density at radius 3 is 2.63 bits per heavy atom. The molecule has 0 amide bonds. The van der Waals surface area contributed by atoms with E-state index in [0.717, 1.165) is 62.1 Å². The van der Waals surface area contributed by atoms with Crippen molar-refractivity contribution in [2.24, 2.45) is 0 Å². The Kier molecular flexibility index (Phi) is 6.04. The number of aromatic nitrogens is 2. The van der Waals surface area contributed by atoms with Gasteiger partial charge in [-0.15, -0.1) is 0 Å². The van der Waals surface area contributed by atoms with E-state index in [-0.39, 0.29) is 6.10 Å². The van der Waals surface area contributed by atoms with Crippen molar-refractivity contribution in [2.75, 3.05) is 25.1 Å². The Hall–Kier alpha value is -1.92. The molecule has 1 saturated heterocycles. The highest BCUT2D eigenvalue weighted by Gasteiger charge is 2.21. The lowest BCUT2D eigenvalue weighted by Crippen LogP contribution is -2.37. The molecule has 2 aliphatic rings. The lowest BCUT2D eigenvalue weighted by molar-refractivity contribution is 0.0261. The maximum Gasteiger partial charge on any atom is 0.223 e. The van der Waals surface area contributed by atoms with Crippen LogP contribution in [0.25, 0.3) is 10.9 Å². The molecule has 0 bridgehead atoms. The molecule has 4 rings (SSSR count). The Bertz CT molecular complexity index is 740. The molecule has 2 N–H and O–H groups in total. The van der Waals surface area contributed by atoms with Crippen LogP contribution >= 0.6 is 0 Å². The zero-order valence-corrected chi connectivity index (χ0v) is 16.1. The van der Waals surface area contributed by atoms with Crippen LogP contribution in [-0.2, 0) is 4.74 Å². The van der Waals surface area contributed by atoms with Gasteiger partial charge in [-0.1, -0.05) is 19.1 Å². The fourth-order valence-electron chi connectivity index (χ4n) is 4.08. The summed E-state index contributed by atoms with van der Waals surface area (Å²) in [6.07, 6.45) is 8.68. The van der Waals surface area contributed by atoms with Crippen LogP contribution in [0.1, 0.15) is 45.4 Å². The molecule has 0 unspecified atom stereocenters. The standard InChI is InChI=1S/C21H30N4O2/c1-2-22-16-6-8-17(9-7-16)24-21-23-14-15-4-3-5-19(20(15)25-21)27-18-10-12-26-13-11-18/h3-5,14,16-18,22H,2,6-13H2,1H3,(H,23,24,25). The number of nitrogens with one attached hydrogen (secondary N) is 2. The summed E-state index contributed by atoms with van der Waals surface area (Å²) in [6, 6.07) is 7.16. The highest BCUT2D eigenvalue weighted by Crippen LogP contribution is 2.28. The third-order valence-corrected chi connectivity index (χ3v) is 5.59. The maximum atomic E-state index is 6.25. The number of benzene rings is 1. The molecular formula is C21H30N4O2. The smallest absolute Gasteiger partial charge is 0.223 e. The zero-order valence-electron chi connectivity index (χ0n) is 16.1. The molecule has 0 spiro atoms. The van der Waals surface area contributed by atoms with Crippen LogP contribution in [0.4, 0.5) is 5.95 Å². The molecule has 2 aromatic rings. The van der Waals surface area contributed by atoms with Crippen molar-refractivity contribution in [2.45, 2.75) is 63.6 Å². The second-order valence-electron chi connectivity index (χ2n) is 7.57. The fraction of sp³-hybridized carbons (Fsp3) is 0.619. The number of rotatable bonds is 6. The topological polar surface area (TPSA) is 68.3 Å². The molecule has 1 saturated carbocycles. The van der Waals surface area contributed by atoms with Gasteiger partial charge in [0, 0.05) is 36.5 Å². The molecule has 2 fully saturated rings. The van der Waals surface area contributed by atoms with Gasteiger partial charge in [-0.05, 0) is 38.3 Å². The van der Waals surface area contributed by atoms with Crippen molar-refractivity contribution in [1.29, 1.82) is 0 Å². The average molecular weight is 370 g/mol. The van der Waals surface area contributed by atoms with E-state index in [9.17, 15) is 0 Å². The van der Waals surface area contributed by atoms with Crippen molar-refractivity contribution in [3.63, 3.8) is 0 Å². The molecular weight excluding hydrogens is 340 g/mol. The fourth-order valence-corrected chi connectivity index (χ4v) is 4.08. The van der Waals surface area contributed by atoms with Crippen LogP contribution in [0.2, 0.25) is 0 Å². The second kappa shape index (κ2) is 8.85. The van der Waals surface area contributed by atoms with Gasteiger partial charge in [0.25, 0.3) is 0 Å². The first kappa shape index (κ1) is 18.4. The van der Waals surface area contributed by atoms with Gasteiger partial charge in [-0.3, -0.25) is 0 Å². The molecule has 0 atom stereocenters. The van der Waals surface area contributed by atoms with Crippen LogP contribution in [0.5, 0.6) is 5.75 Å². The summed E-state index contributed by atoms with van der Waals surface area (Å²) < 4.78 is 11.7. The van der Waals surface area contributed by atoms with Crippen LogP contribution in [0, 0.1) is 0 Å². The van der Waals surface area contributed by atoms with E-state index in [1.807, 2.05) is 24.4 Å². The molecule has 1 aliphatic heterocycles. The number of anilines is 1. The minimum Gasteiger partial charge on any atom is -0.488 e. The lowest BCUT2D eigenvalue weighted by atomic mass is 9.91. The molecule has 6 heteroatoms. The maximum absolute atomic E-state index is 6.25. The first-order chi connectivity index (χ1) is 13.3. The number of nitrogens with zero attached hydrogens (tertiary/aromatic N) is 2. The van der Waals surface area contributed by atoms with E-state index in [0.29, 0.717) is 18.0 Å². The number of hydrogen-bond acceptors (Lipinski definition) is 6. The Morgan fingerprint density at radius 2 is 1.85 bits per heavy atom. The molecule has 27 heavy (non-hydrogen) atoms. The van der Waals surface area contributed by atoms with Crippen molar-refractivity contribution in [3.05, 3.63) is 24.4 Å². The Balaban J connectivity index is 1.45. The molecule has 1 aromatic carbocycles. The molecule has 0 radical (unpaired) electrons. The van der Waals surface area contributed by atoms with Gasteiger partial charge in [-0.2, -0.15) is 0 Å². The van der Waals surface area contributed by atoms with Gasteiger partial charge in [-0.25, -0.2) is 9.97 Å². The number of para-hydroxylation sites is 1. The van der Waals surface area contributed by atoms with Gasteiger partial charge in [0.15, 0.2) is 0 Å². The summed E-state index contributed by atoms with van der Waals surface area (Å²) in [5, 5.41) is 8.11. The third kappa shape index (κ3) is 4.68. The molecule has 1 aromatic heterocycles. The van der Waals surface area contributed by atoms with Gasteiger partial charge in [0.05, 0.1) is 13.2 Å². The molecule has 146 valence electrons. The van der Waals surface area contributed by atoms with Gasteiger partial charge in [0.1, 0.15) is 17.4 Å². The van der Waals surface area contributed by atoms with Crippen molar-refractivity contribution < 1.29 is 9.47 Å². The summed E-state index contributed by atoms with van der Waals surface area (Å²) in [6.45, 7) is 4.76. The number of ether oxygens (including phenoxy) is 2. The van der Waals surface area contributed by atoms with Crippen molar-refractivity contribution >= 4 is 16.9 Å². The summed E-state index contributed by atoms with van der Waals surface area (Å²) in [5.41, 5.74) is 0.892. The normalized spacial score (nSPS) is 24.0. The molecule has 6 nitrogen and oxygen atoms in total. The molecule has 2 heterocycles. The van der Waals surface area contributed by atoms with Crippen LogP contribution in [0.15, 0.2) is 24.4 Å². The van der Waals surface area contributed by atoms with Gasteiger partial charge < -0.3 is 20.1 Å². The van der Waals surface area contributed by atoms with Gasteiger partial charge in [0.2, 0.25) is 5.95 Å². The number of hydrogen-bond donors (Lipinski definition) is 2.